The molecule has 0 aliphatic rings. The fourth-order valence-electron chi connectivity index (χ4n) is 2.69. The van der Waals surface area contributed by atoms with Gasteiger partial charge < -0.3 is 14.8 Å². The Morgan fingerprint density at radius 3 is 2.63 bits per heavy atom. The number of nitrogens with zero attached hydrogens (tertiary/aromatic N) is 1. The molecule has 2 aromatic carbocycles. The number of carbonyl (C=O) groups is 1. The Labute approximate surface area is 167 Å². The van der Waals surface area contributed by atoms with E-state index in [9.17, 15) is 4.79 Å². The van der Waals surface area contributed by atoms with Crippen LogP contribution in [0.1, 0.15) is 24.2 Å². The van der Waals surface area contributed by atoms with E-state index in [2.05, 4.69) is 10.3 Å². The summed E-state index contributed by atoms with van der Waals surface area (Å²) in [6.45, 7) is 4.43. The number of carbonyl (C=O) groups excluding carboxylic acids is 1. The first-order valence-corrected chi connectivity index (χ1v) is 9.25. The van der Waals surface area contributed by atoms with Crippen LogP contribution >= 0.6 is 23.2 Å². The van der Waals surface area contributed by atoms with Gasteiger partial charge in [0.15, 0.2) is 0 Å². The molecule has 5 nitrogen and oxygen atoms in total. The highest BCUT2D eigenvalue weighted by atomic mass is 35.5. The van der Waals surface area contributed by atoms with Crippen LogP contribution in [0.25, 0.3) is 10.9 Å². The number of para-hydroxylation sites is 2. The minimum absolute atomic E-state index is 0.257. The highest BCUT2D eigenvalue weighted by Crippen LogP contribution is 2.37. The van der Waals surface area contributed by atoms with E-state index in [4.69, 9.17) is 32.7 Å². The van der Waals surface area contributed by atoms with Crippen molar-refractivity contribution in [3.05, 3.63) is 58.2 Å². The molecular weight excluding hydrogens is 387 g/mol. The predicted octanol–water partition coefficient (Wildman–Crippen LogP) is 5.86. The van der Waals surface area contributed by atoms with E-state index in [1.54, 1.807) is 19.1 Å². The van der Waals surface area contributed by atoms with Gasteiger partial charge in [-0.05, 0) is 38.1 Å². The lowest BCUT2D eigenvalue weighted by atomic mass is 10.1. The molecule has 0 spiro atoms. The number of benzene rings is 2. The molecule has 0 aliphatic heterocycles. The zero-order chi connectivity index (χ0) is 19.4. The second-order valence-electron chi connectivity index (χ2n) is 5.58. The van der Waals surface area contributed by atoms with Crippen LogP contribution in [0, 0.1) is 0 Å². The fraction of sp³-hybridized carbons (Fsp3) is 0.200. The van der Waals surface area contributed by atoms with Gasteiger partial charge in [-0.3, -0.25) is 4.98 Å². The minimum Gasteiger partial charge on any atom is -0.492 e. The van der Waals surface area contributed by atoms with Gasteiger partial charge in [0.05, 0.1) is 40.2 Å². The summed E-state index contributed by atoms with van der Waals surface area (Å²) >= 11 is 12.4. The van der Waals surface area contributed by atoms with Gasteiger partial charge in [0, 0.05) is 11.6 Å². The molecule has 7 heteroatoms. The van der Waals surface area contributed by atoms with E-state index >= 15 is 0 Å². The molecule has 1 aromatic heterocycles. The zero-order valence-electron chi connectivity index (χ0n) is 14.9. The van der Waals surface area contributed by atoms with Crippen molar-refractivity contribution in [1.82, 2.24) is 4.98 Å². The van der Waals surface area contributed by atoms with Crippen LogP contribution in [-0.2, 0) is 4.74 Å². The first-order valence-electron chi connectivity index (χ1n) is 8.49. The largest absolute Gasteiger partial charge is 0.492 e. The van der Waals surface area contributed by atoms with Gasteiger partial charge in [0.1, 0.15) is 11.3 Å². The SMILES string of the molecule is CCOC(=O)c1cnc2c(Cl)c(Cl)ccc2c1Nc1ccccc1OCC. The van der Waals surface area contributed by atoms with E-state index in [0.717, 1.165) is 0 Å². The quantitative estimate of drug-likeness (QED) is 0.521. The maximum Gasteiger partial charge on any atom is 0.341 e. The molecule has 0 radical (unpaired) electrons. The molecule has 140 valence electrons. The van der Waals surface area contributed by atoms with E-state index in [1.807, 2.05) is 31.2 Å². The van der Waals surface area contributed by atoms with Crippen molar-refractivity contribution in [2.24, 2.45) is 0 Å². The molecular formula is C20H18Cl2N2O3. The summed E-state index contributed by atoms with van der Waals surface area (Å²) in [5.41, 5.74) is 2.04. The Balaban J connectivity index is 2.20. The van der Waals surface area contributed by atoms with Gasteiger partial charge in [-0.1, -0.05) is 35.3 Å². The second kappa shape index (κ2) is 8.46. The molecule has 0 amide bonds. The summed E-state index contributed by atoms with van der Waals surface area (Å²) in [4.78, 5) is 16.8. The zero-order valence-corrected chi connectivity index (χ0v) is 16.4. The maximum atomic E-state index is 12.5. The maximum absolute atomic E-state index is 12.5. The van der Waals surface area contributed by atoms with Gasteiger partial charge in [0.25, 0.3) is 0 Å². The average molecular weight is 405 g/mol. The minimum atomic E-state index is -0.477. The number of esters is 1. The summed E-state index contributed by atoms with van der Waals surface area (Å²) < 4.78 is 10.8. The molecule has 0 aliphatic carbocycles. The molecule has 0 fully saturated rings. The Bertz CT molecular complexity index is 992. The predicted molar refractivity (Wildman–Crippen MR) is 109 cm³/mol. The van der Waals surface area contributed by atoms with Crippen molar-refractivity contribution in [3.63, 3.8) is 0 Å². The van der Waals surface area contributed by atoms with Crippen molar-refractivity contribution < 1.29 is 14.3 Å². The van der Waals surface area contributed by atoms with Crippen molar-refractivity contribution in [2.45, 2.75) is 13.8 Å². The molecule has 0 bridgehead atoms. The van der Waals surface area contributed by atoms with Gasteiger partial charge in [-0.15, -0.1) is 0 Å². The number of hydrogen-bond donors (Lipinski definition) is 1. The molecule has 1 N–H and O–H groups in total. The molecule has 3 aromatic rings. The normalized spacial score (nSPS) is 10.7. The van der Waals surface area contributed by atoms with E-state index in [0.29, 0.717) is 50.2 Å². The Morgan fingerprint density at radius 1 is 1.11 bits per heavy atom. The van der Waals surface area contributed by atoms with Crippen LogP contribution in [-0.4, -0.2) is 24.2 Å². The number of halogens is 2. The summed E-state index contributed by atoms with van der Waals surface area (Å²) in [7, 11) is 0. The van der Waals surface area contributed by atoms with E-state index < -0.39 is 5.97 Å². The topological polar surface area (TPSA) is 60.5 Å². The first kappa shape index (κ1) is 19.3. The van der Waals surface area contributed by atoms with Crippen molar-refractivity contribution in [1.29, 1.82) is 0 Å². The molecule has 0 saturated heterocycles. The van der Waals surface area contributed by atoms with Gasteiger partial charge in [0.2, 0.25) is 0 Å². The summed E-state index contributed by atoms with van der Waals surface area (Å²) in [5.74, 6) is 0.189. The van der Waals surface area contributed by atoms with Gasteiger partial charge >= 0.3 is 5.97 Å². The fourth-order valence-corrected chi connectivity index (χ4v) is 3.06. The standard InChI is InChI=1S/C20H18Cl2N2O3/c1-3-26-16-8-6-5-7-15(16)24-18-12-9-10-14(21)17(22)19(12)23-11-13(18)20(25)27-4-2/h5-11H,3-4H2,1-2H3,(H,23,24). The molecule has 0 saturated carbocycles. The molecule has 0 atom stereocenters. The monoisotopic (exact) mass is 404 g/mol. The number of nitrogens with one attached hydrogen (secondary N) is 1. The lowest BCUT2D eigenvalue weighted by Crippen LogP contribution is -2.10. The number of pyridine rings is 1. The van der Waals surface area contributed by atoms with Gasteiger partial charge in [-0.25, -0.2) is 4.79 Å². The van der Waals surface area contributed by atoms with E-state index in [-0.39, 0.29) is 6.61 Å². The van der Waals surface area contributed by atoms with Crippen LogP contribution in [0.15, 0.2) is 42.6 Å². The molecule has 0 unspecified atom stereocenters. The third kappa shape index (κ3) is 3.94. The summed E-state index contributed by atoms with van der Waals surface area (Å²) in [5, 5.41) is 4.66. The average Bonchev–Trinajstić information content (AvgIpc) is 2.67. The second-order valence-corrected chi connectivity index (χ2v) is 6.36. The smallest absolute Gasteiger partial charge is 0.341 e. The van der Waals surface area contributed by atoms with E-state index in [1.165, 1.54) is 6.20 Å². The van der Waals surface area contributed by atoms with Crippen molar-refractivity contribution in [2.75, 3.05) is 18.5 Å². The third-order valence-electron chi connectivity index (χ3n) is 3.87. The van der Waals surface area contributed by atoms with Crippen molar-refractivity contribution in [3.8, 4) is 5.75 Å². The Morgan fingerprint density at radius 2 is 1.89 bits per heavy atom. The lowest BCUT2D eigenvalue weighted by Gasteiger charge is -2.17. The molecule has 3 rings (SSSR count). The molecule has 1 heterocycles. The Hall–Kier alpha value is -2.50. The van der Waals surface area contributed by atoms with Crippen LogP contribution in [0.5, 0.6) is 5.75 Å². The van der Waals surface area contributed by atoms with Crippen molar-refractivity contribution >= 4 is 51.4 Å². The van der Waals surface area contributed by atoms with Crippen LogP contribution < -0.4 is 10.1 Å². The van der Waals surface area contributed by atoms with Gasteiger partial charge in [-0.2, -0.15) is 0 Å². The number of aromatic nitrogens is 1. The number of rotatable bonds is 6. The van der Waals surface area contributed by atoms with Crippen LogP contribution in [0.3, 0.4) is 0 Å². The lowest BCUT2D eigenvalue weighted by molar-refractivity contribution is 0.0527. The summed E-state index contributed by atoms with van der Waals surface area (Å²) in [6, 6.07) is 10.9. The van der Waals surface area contributed by atoms with Crippen LogP contribution in [0.4, 0.5) is 11.4 Å². The number of hydrogen-bond acceptors (Lipinski definition) is 5. The number of fused-ring (bicyclic) bond motifs is 1. The summed E-state index contributed by atoms with van der Waals surface area (Å²) in [6.07, 6.45) is 1.44. The van der Waals surface area contributed by atoms with Crippen LogP contribution in [0.2, 0.25) is 10.0 Å². The molecule has 27 heavy (non-hydrogen) atoms. The highest BCUT2D eigenvalue weighted by Gasteiger charge is 2.20. The Kier molecular flexibility index (Phi) is 6.04. The number of anilines is 2. The highest BCUT2D eigenvalue weighted by molar-refractivity contribution is 6.45. The third-order valence-corrected chi connectivity index (χ3v) is 4.67. The first-order chi connectivity index (χ1) is 13.1. The number of ether oxygens (including phenoxy) is 2.